The molecule has 0 aliphatic heterocycles. The fourth-order valence-electron chi connectivity index (χ4n) is 1.92. The van der Waals surface area contributed by atoms with Crippen molar-refractivity contribution in [2.75, 3.05) is 12.4 Å². The van der Waals surface area contributed by atoms with Gasteiger partial charge in [-0.15, -0.1) is 11.8 Å². The van der Waals surface area contributed by atoms with Crippen LogP contribution in [0.4, 0.5) is 5.82 Å². The van der Waals surface area contributed by atoms with Crippen LogP contribution in [0.3, 0.4) is 0 Å². The van der Waals surface area contributed by atoms with E-state index in [1.807, 2.05) is 38.2 Å². The third-order valence-electron chi connectivity index (χ3n) is 3.19. The number of thioether (sulfide) groups is 1. The Hall–Kier alpha value is -1.26. The number of halogens is 1. The van der Waals surface area contributed by atoms with Crippen molar-refractivity contribution in [3.63, 3.8) is 0 Å². The van der Waals surface area contributed by atoms with Crippen molar-refractivity contribution in [1.82, 2.24) is 9.97 Å². The summed E-state index contributed by atoms with van der Waals surface area (Å²) in [6.07, 6.45) is 0. The molecule has 0 fully saturated rings. The zero-order chi connectivity index (χ0) is 15.4. The molecule has 5 heteroatoms. The van der Waals surface area contributed by atoms with Crippen molar-refractivity contribution in [1.29, 1.82) is 0 Å². The van der Waals surface area contributed by atoms with Crippen LogP contribution >= 0.6 is 23.4 Å². The first kappa shape index (κ1) is 16.1. The highest BCUT2D eigenvalue weighted by Gasteiger charge is 2.13. The van der Waals surface area contributed by atoms with Crippen LogP contribution in [0, 0.1) is 6.92 Å². The van der Waals surface area contributed by atoms with Gasteiger partial charge in [-0.25, -0.2) is 9.97 Å². The Labute approximate surface area is 135 Å². The maximum Gasteiger partial charge on any atom is 0.134 e. The Morgan fingerprint density at radius 1 is 1.24 bits per heavy atom. The Bertz CT molecular complexity index is 629. The summed E-state index contributed by atoms with van der Waals surface area (Å²) in [5, 5.41) is 4.96. The molecule has 0 saturated carbocycles. The van der Waals surface area contributed by atoms with Crippen LogP contribution < -0.4 is 5.32 Å². The van der Waals surface area contributed by atoms with Crippen molar-refractivity contribution < 1.29 is 0 Å². The fourth-order valence-corrected chi connectivity index (χ4v) is 3.21. The quantitative estimate of drug-likeness (QED) is 0.628. The number of nitrogens with zero attached hydrogens (tertiary/aromatic N) is 2. The summed E-state index contributed by atoms with van der Waals surface area (Å²) in [4.78, 5) is 9.26. The van der Waals surface area contributed by atoms with E-state index in [-0.39, 0.29) is 0 Å². The number of hydrogen-bond donors (Lipinski definition) is 1. The van der Waals surface area contributed by atoms with Crippen LogP contribution in [-0.4, -0.2) is 17.0 Å². The molecule has 0 aliphatic rings. The SMILES string of the molecule is CNc1nc(C(C)C)nc(SCc2ccccc2Cl)c1C. The number of anilines is 1. The third kappa shape index (κ3) is 3.89. The smallest absolute Gasteiger partial charge is 0.134 e. The summed E-state index contributed by atoms with van der Waals surface area (Å²) in [7, 11) is 1.89. The second-order valence-electron chi connectivity index (χ2n) is 5.15. The molecule has 1 N–H and O–H groups in total. The molecule has 1 aromatic carbocycles. The lowest BCUT2D eigenvalue weighted by Crippen LogP contribution is -2.06. The topological polar surface area (TPSA) is 37.8 Å². The Morgan fingerprint density at radius 3 is 2.57 bits per heavy atom. The van der Waals surface area contributed by atoms with E-state index in [4.69, 9.17) is 16.6 Å². The minimum absolute atomic E-state index is 0.303. The highest BCUT2D eigenvalue weighted by molar-refractivity contribution is 7.98. The average molecular weight is 322 g/mol. The van der Waals surface area contributed by atoms with Gasteiger partial charge in [-0.05, 0) is 18.6 Å². The maximum atomic E-state index is 6.21. The summed E-state index contributed by atoms with van der Waals surface area (Å²) in [5.41, 5.74) is 2.21. The zero-order valence-electron chi connectivity index (χ0n) is 12.8. The maximum absolute atomic E-state index is 6.21. The molecule has 0 unspecified atom stereocenters. The van der Waals surface area contributed by atoms with Gasteiger partial charge in [-0.2, -0.15) is 0 Å². The Balaban J connectivity index is 2.27. The van der Waals surface area contributed by atoms with Gasteiger partial charge in [0.1, 0.15) is 16.7 Å². The molecule has 1 heterocycles. The summed E-state index contributed by atoms with van der Waals surface area (Å²) in [6.45, 7) is 6.25. The van der Waals surface area contributed by atoms with Crippen molar-refractivity contribution >= 4 is 29.2 Å². The highest BCUT2D eigenvalue weighted by atomic mass is 35.5. The minimum Gasteiger partial charge on any atom is -0.373 e. The van der Waals surface area contributed by atoms with Crippen molar-refractivity contribution in [3.05, 3.63) is 46.2 Å². The molecule has 0 atom stereocenters. The van der Waals surface area contributed by atoms with Gasteiger partial charge in [0.05, 0.1) is 0 Å². The standard InChI is InChI=1S/C16H20ClN3S/c1-10(2)14-19-15(18-4)11(3)16(20-14)21-9-12-7-5-6-8-13(12)17/h5-8,10H,9H2,1-4H3,(H,18,19,20). The van der Waals surface area contributed by atoms with E-state index in [9.17, 15) is 0 Å². The summed E-state index contributed by atoms with van der Waals surface area (Å²) < 4.78 is 0. The van der Waals surface area contributed by atoms with Gasteiger partial charge in [0.2, 0.25) is 0 Å². The van der Waals surface area contributed by atoms with Gasteiger partial charge in [0.15, 0.2) is 0 Å². The minimum atomic E-state index is 0.303. The summed E-state index contributed by atoms with van der Waals surface area (Å²) >= 11 is 7.91. The van der Waals surface area contributed by atoms with Crippen molar-refractivity contribution in [3.8, 4) is 0 Å². The molecule has 0 amide bonds. The second kappa shape index (κ2) is 7.14. The van der Waals surface area contributed by atoms with Crippen LogP contribution in [0.2, 0.25) is 5.02 Å². The molecule has 3 nitrogen and oxygen atoms in total. The lowest BCUT2D eigenvalue weighted by atomic mass is 10.2. The Morgan fingerprint density at radius 2 is 1.95 bits per heavy atom. The molecule has 0 bridgehead atoms. The fraction of sp³-hybridized carbons (Fsp3) is 0.375. The largest absolute Gasteiger partial charge is 0.373 e. The second-order valence-corrected chi connectivity index (χ2v) is 6.52. The van der Waals surface area contributed by atoms with E-state index in [1.54, 1.807) is 11.8 Å². The van der Waals surface area contributed by atoms with E-state index in [1.165, 1.54) is 0 Å². The summed E-state index contributed by atoms with van der Waals surface area (Å²) in [6, 6.07) is 7.92. The first-order valence-corrected chi connectivity index (χ1v) is 8.31. The van der Waals surface area contributed by atoms with Crippen LogP contribution in [0.5, 0.6) is 0 Å². The molecule has 0 spiro atoms. The van der Waals surface area contributed by atoms with Crippen molar-refractivity contribution in [2.45, 2.75) is 37.5 Å². The highest BCUT2D eigenvalue weighted by Crippen LogP contribution is 2.30. The van der Waals surface area contributed by atoms with Gasteiger partial charge < -0.3 is 5.32 Å². The molecule has 21 heavy (non-hydrogen) atoms. The third-order valence-corrected chi connectivity index (χ3v) is 4.69. The average Bonchev–Trinajstić information content (AvgIpc) is 2.47. The van der Waals surface area contributed by atoms with E-state index >= 15 is 0 Å². The number of benzene rings is 1. The van der Waals surface area contributed by atoms with Crippen LogP contribution in [0.25, 0.3) is 0 Å². The number of rotatable bonds is 5. The molecule has 112 valence electrons. The predicted octanol–water partition coefficient (Wildman–Crippen LogP) is 4.90. The Kier molecular flexibility index (Phi) is 5.48. The van der Waals surface area contributed by atoms with Crippen LogP contribution in [0.15, 0.2) is 29.3 Å². The van der Waals surface area contributed by atoms with E-state index in [0.717, 1.165) is 38.6 Å². The molecule has 0 aliphatic carbocycles. The van der Waals surface area contributed by atoms with Crippen molar-refractivity contribution in [2.24, 2.45) is 0 Å². The van der Waals surface area contributed by atoms with Crippen LogP contribution in [0.1, 0.15) is 36.7 Å². The van der Waals surface area contributed by atoms with Gasteiger partial charge in [0.25, 0.3) is 0 Å². The lowest BCUT2D eigenvalue weighted by molar-refractivity contribution is 0.749. The molecular formula is C16H20ClN3S. The molecule has 0 radical (unpaired) electrons. The lowest BCUT2D eigenvalue weighted by Gasteiger charge is -2.13. The van der Waals surface area contributed by atoms with Gasteiger partial charge in [0, 0.05) is 29.3 Å². The van der Waals surface area contributed by atoms with Gasteiger partial charge in [-0.3, -0.25) is 0 Å². The van der Waals surface area contributed by atoms with Gasteiger partial charge >= 0.3 is 0 Å². The monoisotopic (exact) mass is 321 g/mol. The van der Waals surface area contributed by atoms with E-state index < -0.39 is 0 Å². The first-order chi connectivity index (χ1) is 10.0. The molecule has 2 rings (SSSR count). The number of hydrogen-bond acceptors (Lipinski definition) is 4. The molecule has 0 saturated heterocycles. The molecule has 1 aromatic heterocycles. The van der Waals surface area contributed by atoms with Crippen LogP contribution in [-0.2, 0) is 5.75 Å². The predicted molar refractivity (Wildman–Crippen MR) is 91.4 cm³/mol. The molecule has 2 aromatic rings. The van der Waals surface area contributed by atoms with E-state index in [2.05, 4.69) is 24.1 Å². The number of aromatic nitrogens is 2. The molecular weight excluding hydrogens is 302 g/mol. The summed E-state index contributed by atoms with van der Waals surface area (Å²) in [5.74, 6) is 2.87. The normalized spacial score (nSPS) is 11.0. The number of nitrogens with one attached hydrogen (secondary N) is 1. The van der Waals surface area contributed by atoms with Gasteiger partial charge in [-0.1, -0.05) is 43.6 Å². The zero-order valence-corrected chi connectivity index (χ0v) is 14.3. The van der Waals surface area contributed by atoms with E-state index in [0.29, 0.717) is 5.92 Å². The first-order valence-electron chi connectivity index (χ1n) is 6.95.